The molecule has 0 aromatic carbocycles. The number of anilines is 1. The predicted molar refractivity (Wildman–Crippen MR) is 76.7 cm³/mol. The van der Waals surface area contributed by atoms with Gasteiger partial charge in [0, 0.05) is 32.1 Å². The number of morpholine rings is 1. The molecule has 2 rings (SSSR count). The molecule has 1 aromatic heterocycles. The quantitative estimate of drug-likeness (QED) is 0.762. The van der Waals surface area contributed by atoms with Crippen LogP contribution in [0.2, 0.25) is 0 Å². The van der Waals surface area contributed by atoms with Crippen LogP contribution in [0.4, 0.5) is 5.13 Å². The summed E-state index contributed by atoms with van der Waals surface area (Å²) in [4.78, 5) is 18.4. The molecule has 1 aliphatic rings. The van der Waals surface area contributed by atoms with Crippen LogP contribution in [0.1, 0.15) is 5.69 Å². The minimum Gasteiger partial charge on any atom is -0.383 e. The molecule has 7 nitrogen and oxygen atoms in total. The summed E-state index contributed by atoms with van der Waals surface area (Å²) in [7, 11) is 1.51. The number of hydrogen-bond donors (Lipinski definition) is 2. The Morgan fingerprint density at radius 1 is 1.65 bits per heavy atom. The molecular formula is C12H20N4O3S. The molecule has 0 bridgehead atoms. The first-order valence-corrected chi connectivity index (χ1v) is 7.37. The lowest BCUT2D eigenvalue weighted by Crippen LogP contribution is -2.39. The minimum atomic E-state index is -0.674. The Hall–Kier alpha value is -1.06. The Labute approximate surface area is 122 Å². The van der Waals surface area contributed by atoms with E-state index in [1.165, 1.54) is 18.4 Å². The topological polar surface area (TPSA) is 89.7 Å². The van der Waals surface area contributed by atoms with Gasteiger partial charge in [0.05, 0.1) is 25.5 Å². The van der Waals surface area contributed by atoms with Crippen molar-refractivity contribution in [1.29, 1.82) is 0 Å². The zero-order valence-electron chi connectivity index (χ0n) is 11.5. The number of aromatic nitrogens is 1. The lowest BCUT2D eigenvalue weighted by Gasteiger charge is -2.25. The highest BCUT2D eigenvalue weighted by atomic mass is 32.1. The van der Waals surface area contributed by atoms with E-state index in [-0.39, 0.29) is 12.5 Å². The summed E-state index contributed by atoms with van der Waals surface area (Å²) >= 11 is 1.40. The van der Waals surface area contributed by atoms with Crippen molar-refractivity contribution in [3.63, 3.8) is 0 Å². The van der Waals surface area contributed by atoms with Crippen molar-refractivity contribution in [1.82, 2.24) is 9.88 Å². The van der Waals surface area contributed by atoms with Gasteiger partial charge in [-0.25, -0.2) is 4.98 Å². The van der Waals surface area contributed by atoms with Crippen molar-refractivity contribution < 1.29 is 14.3 Å². The van der Waals surface area contributed by atoms with E-state index in [9.17, 15) is 4.79 Å². The molecule has 20 heavy (non-hydrogen) atoms. The van der Waals surface area contributed by atoms with Gasteiger partial charge in [0.2, 0.25) is 5.91 Å². The fraction of sp³-hybridized carbons (Fsp3) is 0.667. The second-order valence-corrected chi connectivity index (χ2v) is 5.44. The van der Waals surface area contributed by atoms with Gasteiger partial charge < -0.3 is 20.5 Å². The first-order chi connectivity index (χ1) is 9.69. The van der Waals surface area contributed by atoms with Crippen LogP contribution in [0.3, 0.4) is 0 Å². The maximum Gasteiger partial charge on any atom is 0.245 e. The van der Waals surface area contributed by atoms with Crippen molar-refractivity contribution in [2.45, 2.75) is 12.6 Å². The highest BCUT2D eigenvalue weighted by Gasteiger charge is 2.16. The summed E-state index contributed by atoms with van der Waals surface area (Å²) in [5.41, 5.74) is 6.60. The molecule has 112 valence electrons. The molecule has 3 N–H and O–H groups in total. The molecule has 1 aromatic rings. The molecule has 0 aliphatic carbocycles. The van der Waals surface area contributed by atoms with Crippen molar-refractivity contribution in [2.24, 2.45) is 5.73 Å². The van der Waals surface area contributed by atoms with E-state index in [0.29, 0.717) is 5.13 Å². The Balaban J connectivity index is 1.83. The SMILES string of the molecule is COCC(N)C(=O)Nc1nc(CN2CCOCC2)cs1. The van der Waals surface area contributed by atoms with E-state index < -0.39 is 6.04 Å². The fourth-order valence-electron chi connectivity index (χ4n) is 1.88. The van der Waals surface area contributed by atoms with E-state index in [2.05, 4.69) is 15.2 Å². The van der Waals surface area contributed by atoms with Crippen LogP contribution in [0.5, 0.6) is 0 Å². The van der Waals surface area contributed by atoms with E-state index in [1.807, 2.05) is 5.38 Å². The maximum absolute atomic E-state index is 11.7. The number of amides is 1. The Morgan fingerprint density at radius 2 is 2.40 bits per heavy atom. The first kappa shape index (κ1) is 15.3. The monoisotopic (exact) mass is 300 g/mol. The molecule has 0 spiro atoms. The molecule has 8 heteroatoms. The molecule has 0 saturated carbocycles. The number of ether oxygens (including phenoxy) is 2. The average Bonchev–Trinajstić information content (AvgIpc) is 2.87. The lowest BCUT2D eigenvalue weighted by atomic mass is 10.3. The third-order valence-electron chi connectivity index (χ3n) is 2.95. The number of rotatable bonds is 6. The van der Waals surface area contributed by atoms with E-state index in [1.54, 1.807) is 0 Å². The number of nitrogens with one attached hydrogen (secondary N) is 1. The molecule has 2 heterocycles. The third kappa shape index (κ3) is 4.50. The number of nitrogens with zero attached hydrogens (tertiary/aromatic N) is 2. The molecule has 1 unspecified atom stereocenters. The van der Waals surface area contributed by atoms with Gasteiger partial charge in [0.15, 0.2) is 5.13 Å². The number of methoxy groups -OCH3 is 1. The van der Waals surface area contributed by atoms with Crippen molar-refractivity contribution >= 4 is 22.4 Å². The summed E-state index contributed by atoms with van der Waals surface area (Å²) in [6.45, 7) is 4.33. The van der Waals surface area contributed by atoms with E-state index in [4.69, 9.17) is 15.2 Å². The van der Waals surface area contributed by atoms with Gasteiger partial charge in [-0.3, -0.25) is 9.69 Å². The first-order valence-electron chi connectivity index (χ1n) is 6.49. The van der Waals surface area contributed by atoms with Crippen LogP contribution in [0.25, 0.3) is 0 Å². The molecule has 1 atom stereocenters. The zero-order chi connectivity index (χ0) is 14.4. The third-order valence-corrected chi connectivity index (χ3v) is 3.76. The summed E-state index contributed by atoms with van der Waals surface area (Å²) in [5.74, 6) is -0.279. The van der Waals surface area contributed by atoms with Gasteiger partial charge in [-0.1, -0.05) is 0 Å². The summed E-state index contributed by atoms with van der Waals surface area (Å²) in [5, 5.41) is 5.23. The summed E-state index contributed by atoms with van der Waals surface area (Å²) < 4.78 is 10.1. The number of carbonyl (C=O) groups is 1. The summed E-state index contributed by atoms with van der Waals surface area (Å²) in [6.07, 6.45) is 0. The predicted octanol–water partition coefficient (Wildman–Crippen LogP) is -0.112. The fourth-order valence-corrected chi connectivity index (χ4v) is 2.58. The van der Waals surface area contributed by atoms with Crippen LogP contribution in [0, 0.1) is 0 Å². The van der Waals surface area contributed by atoms with Gasteiger partial charge in [-0.05, 0) is 0 Å². The lowest BCUT2D eigenvalue weighted by molar-refractivity contribution is -0.118. The van der Waals surface area contributed by atoms with Crippen molar-refractivity contribution in [3.05, 3.63) is 11.1 Å². The van der Waals surface area contributed by atoms with Crippen molar-refractivity contribution in [2.75, 3.05) is 45.3 Å². The number of hydrogen-bond acceptors (Lipinski definition) is 7. The molecule has 1 amide bonds. The number of carbonyl (C=O) groups excluding carboxylic acids is 1. The molecule has 0 radical (unpaired) electrons. The molecule has 1 aliphatic heterocycles. The van der Waals surface area contributed by atoms with Crippen LogP contribution >= 0.6 is 11.3 Å². The van der Waals surface area contributed by atoms with Crippen LogP contribution in [0.15, 0.2) is 5.38 Å². The highest BCUT2D eigenvalue weighted by molar-refractivity contribution is 7.13. The number of thiazole rings is 1. The van der Waals surface area contributed by atoms with E-state index in [0.717, 1.165) is 38.5 Å². The smallest absolute Gasteiger partial charge is 0.245 e. The second kappa shape index (κ2) is 7.65. The van der Waals surface area contributed by atoms with Crippen molar-refractivity contribution in [3.8, 4) is 0 Å². The van der Waals surface area contributed by atoms with Crippen LogP contribution in [-0.2, 0) is 20.8 Å². The second-order valence-electron chi connectivity index (χ2n) is 4.58. The van der Waals surface area contributed by atoms with Gasteiger partial charge in [0.1, 0.15) is 6.04 Å². The van der Waals surface area contributed by atoms with Gasteiger partial charge >= 0.3 is 0 Å². The van der Waals surface area contributed by atoms with Gasteiger partial charge in [-0.2, -0.15) is 0 Å². The highest BCUT2D eigenvalue weighted by Crippen LogP contribution is 2.17. The van der Waals surface area contributed by atoms with Gasteiger partial charge in [-0.15, -0.1) is 11.3 Å². The largest absolute Gasteiger partial charge is 0.383 e. The molecule has 1 saturated heterocycles. The standard InChI is InChI=1S/C12H20N4O3S/c1-18-7-10(13)11(17)15-12-14-9(8-20-12)6-16-2-4-19-5-3-16/h8,10H,2-7,13H2,1H3,(H,14,15,17). The Bertz CT molecular complexity index is 434. The molecular weight excluding hydrogens is 280 g/mol. The van der Waals surface area contributed by atoms with Gasteiger partial charge in [0.25, 0.3) is 0 Å². The minimum absolute atomic E-state index is 0.192. The summed E-state index contributed by atoms with van der Waals surface area (Å²) in [6, 6.07) is -0.674. The normalized spacial score (nSPS) is 17.9. The van der Waals surface area contributed by atoms with Crippen LogP contribution in [-0.4, -0.2) is 61.9 Å². The van der Waals surface area contributed by atoms with Crippen LogP contribution < -0.4 is 11.1 Å². The maximum atomic E-state index is 11.7. The zero-order valence-corrected chi connectivity index (χ0v) is 12.3. The number of nitrogens with two attached hydrogens (primary N) is 1. The van der Waals surface area contributed by atoms with E-state index >= 15 is 0 Å². The average molecular weight is 300 g/mol. The Kier molecular flexibility index (Phi) is 5.86. The molecule has 1 fully saturated rings. The Morgan fingerprint density at radius 3 is 3.10 bits per heavy atom.